The zero-order valence-corrected chi connectivity index (χ0v) is 12.7. The fourth-order valence-corrected chi connectivity index (χ4v) is 2.44. The summed E-state index contributed by atoms with van der Waals surface area (Å²) in [6, 6.07) is -0.0270. The Kier molecular flexibility index (Phi) is 7.54. The third-order valence-corrected chi connectivity index (χ3v) is 3.56. The Labute approximate surface area is 121 Å². The van der Waals surface area contributed by atoms with Crippen molar-refractivity contribution in [2.45, 2.75) is 39.2 Å². The standard InChI is InChI=1S/C14H28N4O2/c1-3-5-12(15)10-14(20)18-8-6-17(7-9-18)11-13(19)16-4-2/h12H,3-11,15H2,1-2H3,(H,16,19). The van der Waals surface area contributed by atoms with E-state index >= 15 is 0 Å². The number of hydrogen-bond acceptors (Lipinski definition) is 4. The highest BCUT2D eigenvalue weighted by molar-refractivity contribution is 5.78. The molecule has 1 heterocycles. The van der Waals surface area contributed by atoms with E-state index in [4.69, 9.17) is 5.73 Å². The molecule has 1 aliphatic rings. The lowest BCUT2D eigenvalue weighted by molar-refractivity contribution is -0.133. The monoisotopic (exact) mass is 284 g/mol. The number of nitrogens with zero attached hydrogens (tertiary/aromatic N) is 2. The Morgan fingerprint density at radius 3 is 2.40 bits per heavy atom. The maximum atomic E-state index is 12.1. The molecule has 0 spiro atoms. The number of carbonyl (C=O) groups excluding carboxylic acids is 2. The van der Waals surface area contributed by atoms with Crippen molar-refractivity contribution in [3.63, 3.8) is 0 Å². The van der Waals surface area contributed by atoms with Crippen molar-refractivity contribution in [2.24, 2.45) is 5.73 Å². The third-order valence-electron chi connectivity index (χ3n) is 3.56. The largest absolute Gasteiger partial charge is 0.355 e. The lowest BCUT2D eigenvalue weighted by atomic mass is 10.1. The van der Waals surface area contributed by atoms with Crippen LogP contribution in [-0.4, -0.2) is 66.9 Å². The zero-order chi connectivity index (χ0) is 15.0. The molecule has 116 valence electrons. The van der Waals surface area contributed by atoms with E-state index in [2.05, 4.69) is 17.1 Å². The van der Waals surface area contributed by atoms with E-state index in [1.165, 1.54) is 0 Å². The summed E-state index contributed by atoms with van der Waals surface area (Å²) in [6.07, 6.45) is 2.34. The molecule has 0 aromatic heterocycles. The van der Waals surface area contributed by atoms with Gasteiger partial charge in [-0.25, -0.2) is 0 Å². The summed E-state index contributed by atoms with van der Waals surface area (Å²) in [5.41, 5.74) is 5.91. The molecule has 0 aliphatic carbocycles. The van der Waals surface area contributed by atoms with Crippen LogP contribution < -0.4 is 11.1 Å². The Balaban J connectivity index is 2.27. The summed E-state index contributed by atoms with van der Waals surface area (Å²) in [5.74, 6) is 0.195. The average Bonchev–Trinajstić information content (AvgIpc) is 2.39. The van der Waals surface area contributed by atoms with Crippen molar-refractivity contribution < 1.29 is 9.59 Å². The van der Waals surface area contributed by atoms with Crippen molar-refractivity contribution in [3.05, 3.63) is 0 Å². The third kappa shape index (κ3) is 5.88. The second-order valence-electron chi connectivity index (χ2n) is 5.36. The SMILES string of the molecule is CCCC(N)CC(=O)N1CCN(CC(=O)NCC)CC1. The van der Waals surface area contributed by atoms with Crippen molar-refractivity contribution >= 4 is 11.8 Å². The van der Waals surface area contributed by atoms with Crippen LogP contribution in [0.4, 0.5) is 0 Å². The maximum absolute atomic E-state index is 12.1. The van der Waals surface area contributed by atoms with Crippen LogP contribution >= 0.6 is 0 Å². The van der Waals surface area contributed by atoms with Gasteiger partial charge in [-0.2, -0.15) is 0 Å². The molecule has 3 N–H and O–H groups in total. The number of piperazine rings is 1. The van der Waals surface area contributed by atoms with Gasteiger partial charge in [0.05, 0.1) is 6.54 Å². The van der Waals surface area contributed by atoms with Crippen LogP contribution in [0.2, 0.25) is 0 Å². The molecule has 6 heteroatoms. The second kappa shape index (κ2) is 8.92. The first-order valence-corrected chi connectivity index (χ1v) is 7.59. The van der Waals surface area contributed by atoms with Gasteiger partial charge in [-0.3, -0.25) is 14.5 Å². The molecule has 1 atom stereocenters. The Morgan fingerprint density at radius 1 is 1.20 bits per heavy atom. The van der Waals surface area contributed by atoms with Crippen molar-refractivity contribution in [2.75, 3.05) is 39.3 Å². The van der Waals surface area contributed by atoms with Gasteiger partial charge in [-0.15, -0.1) is 0 Å². The number of rotatable bonds is 7. The Morgan fingerprint density at radius 2 is 1.85 bits per heavy atom. The fraction of sp³-hybridized carbons (Fsp3) is 0.857. The average molecular weight is 284 g/mol. The van der Waals surface area contributed by atoms with E-state index in [0.29, 0.717) is 32.6 Å². The molecule has 6 nitrogen and oxygen atoms in total. The molecule has 0 bridgehead atoms. The molecular formula is C14H28N4O2. The van der Waals surface area contributed by atoms with E-state index in [-0.39, 0.29) is 17.9 Å². The molecule has 1 saturated heterocycles. The highest BCUT2D eigenvalue weighted by atomic mass is 16.2. The summed E-state index contributed by atoms with van der Waals surface area (Å²) in [7, 11) is 0. The van der Waals surface area contributed by atoms with Crippen LogP contribution in [0.3, 0.4) is 0 Å². The van der Waals surface area contributed by atoms with Crippen LogP contribution in [0, 0.1) is 0 Å². The summed E-state index contributed by atoms with van der Waals surface area (Å²) >= 11 is 0. The van der Waals surface area contributed by atoms with Crippen LogP contribution in [-0.2, 0) is 9.59 Å². The van der Waals surface area contributed by atoms with E-state index < -0.39 is 0 Å². The van der Waals surface area contributed by atoms with E-state index in [9.17, 15) is 9.59 Å². The maximum Gasteiger partial charge on any atom is 0.234 e. The smallest absolute Gasteiger partial charge is 0.234 e. The molecule has 0 saturated carbocycles. The molecule has 20 heavy (non-hydrogen) atoms. The van der Waals surface area contributed by atoms with Gasteiger partial charge < -0.3 is 16.0 Å². The Hall–Kier alpha value is -1.14. The van der Waals surface area contributed by atoms with Gasteiger partial charge in [0, 0.05) is 45.2 Å². The fourth-order valence-electron chi connectivity index (χ4n) is 2.44. The zero-order valence-electron chi connectivity index (χ0n) is 12.7. The number of likely N-dealkylation sites (N-methyl/N-ethyl adjacent to an activating group) is 1. The highest BCUT2D eigenvalue weighted by Crippen LogP contribution is 2.07. The molecular weight excluding hydrogens is 256 g/mol. The number of hydrogen-bond donors (Lipinski definition) is 2. The first kappa shape index (κ1) is 16.9. The van der Waals surface area contributed by atoms with Gasteiger partial charge in [0.1, 0.15) is 0 Å². The summed E-state index contributed by atoms with van der Waals surface area (Å²) in [4.78, 5) is 27.5. The molecule has 2 amide bonds. The van der Waals surface area contributed by atoms with Gasteiger partial charge in [0.25, 0.3) is 0 Å². The topological polar surface area (TPSA) is 78.7 Å². The van der Waals surface area contributed by atoms with E-state index in [0.717, 1.165) is 25.9 Å². The van der Waals surface area contributed by atoms with Crippen LogP contribution in [0.1, 0.15) is 33.1 Å². The van der Waals surface area contributed by atoms with Gasteiger partial charge in [-0.1, -0.05) is 13.3 Å². The molecule has 1 unspecified atom stereocenters. The number of nitrogens with two attached hydrogens (primary N) is 1. The highest BCUT2D eigenvalue weighted by Gasteiger charge is 2.23. The van der Waals surface area contributed by atoms with Crippen LogP contribution in [0.5, 0.6) is 0 Å². The van der Waals surface area contributed by atoms with E-state index in [1.54, 1.807) is 0 Å². The number of amides is 2. The van der Waals surface area contributed by atoms with Crippen LogP contribution in [0.15, 0.2) is 0 Å². The second-order valence-corrected chi connectivity index (χ2v) is 5.36. The normalized spacial score (nSPS) is 17.9. The first-order valence-electron chi connectivity index (χ1n) is 7.59. The van der Waals surface area contributed by atoms with Crippen LogP contribution in [0.25, 0.3) is 0 Å². The molecule has 0 aromatic rings. The Bertz CT molecular complexity index is 314. The minimum atomic E-state index is -0.0270. The lowest BCUT2D eigenvalue weighted by Gasteiger charge is -2.34. The summed E-state index contributed by atoms with van der Waals surface area (Å²) in [5, 5.41) is 2.79. The predicted molar refractivity (Wildman–Crippen MR) is 79.2 cm³/mol. The quantitative estimate of drug-likeness (QED) is 0.678. The minimum absolute atomic E-state index is 0.0270. The van der Waals surface area contributed by atoms with Gasteiger partial charge in [0.2, 0.25) is 11.8 Å². The minimum Gasteiger partial charge on any atom is -0.355 e. The summed E-state index contributed by atoms with van der Waals surface area (Å²) in [6.45, 7) is 7.96. The van der Waals surface area contributed by atoms with Gasteiger partial charge in [0.15, 0.2) is 0 Å². The lowest BCUT2D eigenvalue weighted by Crippen LogP contribution is -2.51. The van der Waals surface area contributed by atoms with Crippen molar-refractivity contribution in [1.29, 1.82) is 0 Å². The molecule has 1 rings (SSSR count). The van der Waals surface area contributed by atoms with Crippen molar-refractivity contribution in [3.8, 4) is 0 Å². The molecule has 1 fully saturated rings. The first-order chi connectivity index (χ1) is 9.56. The summed E-state index contributed by atoms with van der Waals surface area (Å²) < 4.78 is 0. The van der Waals surface area contributed by atoms with Gasteiger partial charge >= 0.3 is 0 Å². The number of nitrogens with one attached hydrogen (secondary N) is 1. The van der Waals surface area contributed by atoms with Gasteiger partial charge in [-0.05, 0) is 13.3 Å². The van der Waals surface area contributed by atoms with E-state index in [1.807, 2.05) is 11.8 Å². The molecule has 0 radical (unpaired) electrons. The number of carbonyl (C=O) groups is 2. The predicted octanol–water partition coefficient (Wildman–Crippen LogP) is -0.216. The van der Waals surface area contributed by atoms with Crippen molar-refractivity contribution in [1.82, 2.24) is 15.1 Å². The molecule has 0 aromatic carbocycles. The molecule has 1 aliphatic heterocycles.